The molecular formula is C19H18ClNO6S2. The molecule has 0 radical (unpaired) electrons. The number of rotatable bonds is 8. The molecule has 0 saturated carbocycles. The summed E-state index contributed by atoms with van der Waals surface area (Å²) in [4.78, 5) is 25.9. The summed E-state index contributed by atoms with van der Waals surface area (Å²) < 4.78 is 35.2. The van der Waals surface area contributed by atoms with Crippen LogP contribution in [-0.4, -0.2) is 39.6 Å². The van der Waals surface area contributed by atoms with Crippen LogP contribution in [0.25, 0.3) is 11.0 Å². The van der Waals surface area contributed by atoms with Gasteiger partial charge in [0.15, 0.2) is 6.61 Å². The summed E-state index contributed by atoms with van der Waals surface area (Å²) in [6.07, 6.45) is 1.55. The van der Waals surface area contributed by atoms with Crippen molar-refractivity contribution in [1.82, 2.24) is 4.72 Å². The lowest BCUT2D eigenvalue weighted by Crippen LogP contribution is -2.24. The summed E-state index contributed by atoms with van der Waals surface area (Å²) in [7, 11) is -3.25. The molecule has 0 unspecified atom stereocenters. The van der Waals surface area contributed by atoms with Gasteiger partial charge >= 0.3 is 5.97 Å². The number of hydrogen-bond donors (Lipinski definition) is 1. The molecule has 0 spiro atoms. The Morgan fingerprint density at radius 2 is 2.00 bits per heavy atom. The smallest absolute Gasteiger partial charge is 0.375 e. The Morgan fingerprint density at radius 1 is 1.24 bits per heavy atom. The van der Waals surface area contributed by atoms with E-state index in [1.165, 1.54) is 11.3 Å². The number of carbonyl (C=O) groups excluding carboxylic acids is 2. The highest BCUT2D eigenvalue weighted by Crippen LogP contribution is 2.28. The number of Topliss-reactive ketones (excluding diaryl/α,β-unsaturated/α-hetero) is 1. The third-order valence-electron chi connectivity index (χ3n) is 4.09. The first-order chi connectivity index (χ1) is 13.6. The number of esters is 1. The van der Waals surface area contributed by atoms with Crippen molar-refractivity contribution in [3.63, 3.8) is 0 Å². The van der Waals surface area contributed by atoms with Crippen molar-refractivity contribution in [3.8, 4) is 0 Å². The van der Waals surface area contributed by atoms with Gasteiger partial charge in [0.05, 0.1) is 11.1 Å². The predicted molar refractivity (Wildman–Crippen MR) is 111 cm³/mol. The molecular weight excluding hydrogens is 438 g/mol. The molecule has 7 nitrogen and oxygen atoms in total. The van der Waals surface area contributed by atoms with Gasteiger partial charge in [0.2, 0.25) is 21.6 Å². The van der Waals surface area contributed by atoms with Crippen LogP contribution in [-0.2, 0) is 21.2 Å². The van der Waals surface area contributed by atoms with Gasteiger partial charge in [-0.25, -0.2) is 17.9 Å². The minimum atomic E-state index is -3.25. The van der Waals surface area contributed by atoms with Crippen LogP contribution in [0.4, 0.5) is 0 Å². The van der Waals surface area contributed by atoms with Crippen LogP contribution in [0, 0.1) is 6.92 Å². The quantitative estimate of drug-likeness (QED) is 0.411. The first-order valence-electron chi connectivity index (χ1n) is 8.56. The van der Waals surface area contributed by atoms with Crippen molar-refractivity contribution in [2.45, 2.75) is 13.3 Å². The molecule has 2 heterocycles. The maximum absolute atomic E-state index is 12.3. The Kier molecular flexibility index (Phi) is 6.42. The van der Waals surface area contributed by atoms with Gasteiger partial charge in [-0.2, -0.15) is 0 Å². The first kappa shape index (κ1) is 21.5. The van der Waals surface area contributed by atoms with Gasteiger partial charge in [0, 0.05) is 27.4 Å². The highest BCUT2D eigenvalue weighted by molar-refractivity contribution is 7.88. The van der Waals surface area contributed by atoms with Crippen LogP contribution < -0.4 is 4.72 Å². The Balaban J connectivity index is 1.59. The standard InChI is InChI=1S/C19H18ClNO6S2/c1-11-14-9-12(20)3-5-16(14)27-18(11)19(23)26-10-15(22)17-6-4-13(28-17)7-8-21-29(2,24)25/h3-6,9,21H,7-8,10H2,1-2H3. The van der Waals surface area contributed by atoms with E-state index in [0.717, 1.165) is 11.1 Å². The van der Waals surface area contributed by atoms with Crippen molar-refractivity contribution in [3.05, 3.63) is 56.4 Å². The maximum atomic E-state index is 12.3. The molecule has 0 amide bonds. The summed E-state index contributed by atoms with van der Waals surface area (Å²) in [5, 5.41) is 1.23. The number of hydrogen-bond acceptors (Lipinski definition) is 7. The molecule has 29 heavy (non-hydrogen) atoms. The number of benzene rings is 1. The second kappa shape index (κ2) is 8.66. The molecule has 0 fully saturated rings. The molecule has 0 aliphatic carbocycles. The van der Waals surface area contributed by atoms with Crippen LogP contribution >= 0.6 is 22.9 Å². The van der Waals surface area contributed by atoms with Crippen molar-refractivity contribution in [2.75, 3.05) is 19.4 Å². The largest absolute Gasteiger partial charge is 0.451 e. The zero-order chi connectivity index (χ0) is 21.2. The van der Waals surface area contributed by atoms with E-state index in [-0.39, 0.29) is 18.1 Å². The van der Waals surface area contributed by atoms with E-state index in [4.69, 9.17) is 20.8 Å². The van der Waals surface area contributed by atoms with Crippen molar-refractivity contribution < 1.29 is 27.2 Å². The topological polar surface area (TPSA) is 103 Å². The first-order valence-corrected chi connectivity index (χ1v) is 11.6. The lowest BCUT2D eigenvalue weighted by molar-refractivity contribution is 0.0446. The van der Waals surface area contributed by atoms with Crippen LogP contribution in [0.1, 0.15) is 30.7 Å². The summed E-state index contributed by atoms with van der Waals surface area (Å²) in [5.74, 6) is -1.03. The Bertz CT molecular complexity index is 1180. The summed E-state index contributed by atoms with van der Waals surface area (Å²) in [6, 6.07) is 8.40. The molecule has 10 heteroatoms. The second-order valence-electron chi connectivity index (χ2n) is 6.38. The second-order valence-corrected chi connectivity index (χ2v) is 9.82. The third kappa shape index (κ3) is 5.45. The average molecular weight is 456 g/mol. The van der Waals surface area contributed by atoms with Gasteiger partial charge in [-0.1, -0.05) is 11.6 Å². The van der Waals surface area contributed by atoms with E-state index >= 15 is 0 Å². The number of furan rings is 1. The van der Waals surface area contributed by atoms with Crippen LogP contribution in [0.15, 0.2) is 34.7 Å². The number of carbonyl (C=O) groups is 2. The Morgan fingerprint density at radius 3 is 2.72 bits per heavy atom. The highest BCUT2D eigenvalue weighted by atomic mass is 35.5. The van der Waals surface area contributed by atoms with E-state index in [0.29, 0.717) is 32.9 Å². The average Bonchev–Trinajstić information content (AvgIpc) is 3.24. The molecule has 2 aromatic heterocycles. The van der Waals surface area contributed by atoms with Crippen molar-refractivity contribution >= 4 is 55.7 Å². The Labute approximate surface area is 176 Å². The molecule has 0 atom stereocenters. The van der Waals surface area contributed by atoms with Gasteiger partial charge in [-0.15, -0.1) is 11.3 Å². The lowest BCUT2D eigenvalue weighted by Gasteiger charge is -2.02. The number of nitrogens with one attached hydrogen (secondary N) is 1. The number of sulfonamides is 1. The number of thiophene rings is 1. The minimum absolute atomic E-state index is 0.0359. The van der Waals surface area contributed by atoms with Gasteiger partial charge in [-0.05, 0) is 43.7 Å². The van der Waals surface area contributed by atoms with E-state index in [1.54, 1.807) is 37.3 Å². The fourth-order valence-electron chi connectivity index (χ4n) is 2.68. The van der Waals surface area contributed by atoms with Crippen molar-refractivity contribution in [2.24, 2.45) is 0 Å². The van der Waals surface area contributed by atoms with E-state index in [1.807, 2.05) is 0 Å². The zero-order valence-electron chi connectivity index (χ0n) is 15.7. The summed E-state index contributed by atoms with van der Waals surface area (Å²) in [6.45, 7) is 1.55. The molecule has 1 aromatic carbocycles. The Hall–Kier alpha value is -2.20. The number of aryl methyl sites for hydroxylation is 1. The number of ketones is 1. The minimum Gasteiger partial charge on any atom is -0.451 e. The predicted octanol–water partition coefficient (Wildman–Crippen LogP) is 3.59. The summed E-state index contributed by atoms with van der Waals surface area (Å²) in [5.41, 5.74) is 1.10. The van der Waals surface area contributed by atoms with Crippen LogP contribution in [0.2, 0.25) is 5.02 Å². The highest BCUT2D eigenvalue weighted by Gasteiger charge is 2.21. The summed E-state index contributed by atoms with van der Waals surface area (Å²) >= 11 is 7.20. The maximum Gasteiger partial charge on any atom is 0.375 e. The normalized spacial score (nSPS) is 11.7. The molecule has 3 rings (SSSR count). The van der Waals surface area contributed by atoms with Crippen LogP contribution in [0.5, 0.6) is 0 Å². The van der Waals surface area contributed by atoms with Gasteiger partial charge in [0.25, 0.3) is 0 Å². The fraction of sp³-hybridized carbons (Fsp3) is 0.263. The van der Waals surface area contributed by atoms with Gasteiger partial charge < -0.3 is 9.15 Å². The van der Waals surface area contributed by atoms with E-state index < -0.39 is 22.6 Å². The molecule has 0 bridgehead atoms. The molecule has 0 aliphatic heterocycles. The van der Waals surface area contributed by atoms with E-state index in [9.17, 15) is 18.0 Å². The monoisotopic (exact) mass is 455 g/mol. The number of fused-ring (bicyclic) bond motifs is 1. The van der Waals surface area contributed by atoms with Crippen LogP contribution in [0.3, 0.4) is 0 Å². The number of ether oxygens (including phenoxy) is 1. The molecule has 0 aliphatic rings. The third-order valence-corrected chi connectivity index (χ3v) is 6.24. The molecule has 3 aromatic rings. The van der Waals surface area contributed by atoms with Crippen molar-refractivity contribution in [1.29, 1.82) is 0 Å². The van der Waals surface area contributed by atoms with E-state index in [2.05, 4.69) is 4.72 Å². The zero-order valence-corrected chi connectivity index (χ0v) is 18.0. The number of halogens is 1. The SMILES string of the molecule is Cc1c(C(=O)OCC(=O)c2ccc(CCNS(C)(=O)=O)s2)oc2ccc(Cl)cc12. The fourth-order valence-corrected chi connectivity index (χ4v) is 4.25. The molecule has 0 saturated heterocycles. The molecule has 154 valence electrons. The molecule has 1 N–H and O–H groups in total. The van der Waals surface area contributed by atoms with Gasteiger partial charge in [0.1, 0.15) is 5.58 Å². The lowest BCUT2D eigenvalue weighted by atomic mass is 10.1. The van der Waals surface area contributed by atoms with Gasteiger partial charge in [-0.3, -0.25) is 4.79 Å².